The van der Waals surface area contributed by atoms with Gasteiger partial charge in [-0.05, 0) is 31.6 Å². The van der Waals surface area contributed by atoms with Gasteiger partial charge in [0.15, 0.2) is 0 Å². The number of allylic oxidation sites excluding steroid dienone is 2. The number of nitrogens with zero attached hydrogens (tertiary/aromatic N) is 1. The van der Waals surface area contributed by atoms with E-state index in [2.05, 4.69) is 55.4 Å². The molecular formula is C20H30N2S. The summed E-state index contributed by atoms with van der Waals surface area (Å²) in [6.45, 7) is 20.4. The van der Waals surface area contributed by atoms with Crippen molar-refractivity contribution in [3.8, 4) is 0 Å². The van der Waals surface area contributed by atoms with Gasteiger partial charge in [0.05, 0.1) is 5.70 Å². The SMILES string of the molecule is C=C/C(Sc1ccc(C)cc1C)=C(\C=C)N1CCNCC1.CC. The molecule has 0 aromatic heterocycles. The first-order valence-electron chi connectivity index (χ1n) is 8.35. The summed E-state index contributed by atoms with van der Waals surface area (Å²) in [6.07, 6.45) is 3.90. The van der Waals surface area contributed by atoms with Gasteiger partial charge < -0.3 is 10.2 Å². The molecule has 0 radical (unpaired) electrons. The molecule has 2 nitrogen and oxygen atoms in total. The first-order valence-corrected chi connectivity index (χ1v) is 9.17. The molecule has 1 aliphatic rings. The van der Waals surface area contributed by atoms with E-state index in [9.17, 15) is 0 Å². The number of rotatable bonds is 5. The second-order valence-electron chi connectivity index (χ2n) is 5.27. The third-order valence-corrected chi connectivity index (χ3v) is 4.91. The Labute approximate surface area is 146 Å². The zero-order valence-corrected chi connectivity index (χ0v) is 15.8. The molecule has 2 rings (SSSR count). The highest BCUT2D eigenvalue weighted by molar-refractivity contribution is 8.03. The van der Waals surface area contributed by atoms with Crippen molar-refractivity contribution in [2.24, 2.45) is 0 Å². The lowest BCUT2D eigenvalue weighted by Gasteiger charge is -2.31. The van der Waals surface area contributed by atoms with Crippen LogP contribution in [0.1, 0.15) is 25.0 Å². The van der Waals surface area contributed by atoms with Gasteiger partial charge in [0, 0.05) is 36.0 Å². The van der Waals surface area contributed by atoms with E-state index in [1.807, 2.05) is 26.0 Å². The molecule has 3 heteroatoms. The van der Waals surface area contributed by atoms with E-state index in [1.165, 1.54) is 26.6 Å². The standard InChI is InChI=1S/C18H24N2S.C2H6/c1-5-16(20-11-9-19-10-12-20)17(6-2)21-18-8-7-14(3)13-15(18)4;1-2/h5-8,13,19H,1-2,9-12H2,3-4H3;1-2H3/b17-16-;. The van der Waals surface area contributed by atoms with Crippen molar-refractivity contribution in [3.63, 3.8) is 0 Å². The number of nitrogens with one attached hydrogen (secondary N) is 1. The van der Waals surface area contributed by atoms with E-state index in [0.29, 0.717) is 0 Å². The normalized spacial score (nSPS) is 15.2. The van der Waals surface area contributed by atoms with E-state index in [1.54, 1.807) is 11.8 Å². The quantitative estimate of drug-likeness (QED) is 0.610. The van der Waals surface area contributed by atoms with Gasteiger partial charge in [-0.2, -0.15) is 0 Å². The molecule has 1 aromatic carbocycles. The summed E-state index contributed by atoms with van der Waals surface area (Å²) in [7, 11) is 0. The maximum Gasteiger partial charge on any atom is 0.0502 e. The van der Waals surface area contributed by atoms with Crippen LogP contribution in [0.15, 0.2) is 59.0 Å². The maximum absolute atomic E-state index is 4.00. The van der Waals surface area contributed by atoms with Crippen LogP contribution in [-0.4, -0.2) is 31.1 Å². The highest BCUT2D eigenvalue weighted by atomic mass is 32.2. The van der Waals surface area contributed by atoms with Gasteiger partial charge in [-0.1, -0.05) is 62.5 Å². The Morgan fingerprint density at radius 1 is 1.13 bits per heavy atom. The second-order valence-corrected chi connectivity index (χ2v) is 6.35. The van der Waals surface area contributed by atoms with E-state index in [-0.39, 0.29) is 0 Å². The van der Waals surface area contributed by atoms with Crippen molar-refractivity contribution in [3.05, 3.63) is 65.2 Å². The van der Waals surface area contributed by atoms with Crippen LogP contribution in [0.3, 0.4) is 0 Å². The number of benzene rings is 1. The molecule has 23 heavy (non-hydrogen) atoms. The third kappa shape index (κ3) is 5.60. The lowest BCUT2D eigenvalue weighted by atomic mass is 10.2. The molecule has 0 atom stereocenters. The average Bonchev–Trinajstić information content (AvgIpc) is 2.59. The monoisotopic (exact) mass is 330 g/mol. The molecule has 1 aliphatic heterocycles. The van der Waals surface area contributed by atoms with Crippen molar-refractivity contribution < 1.29 is 0 Å². The van der Waals surface area contributed by atoms with Gasteiger partial charge in [0.2, 0.25) is 0 Å². The van der Waals surface area contributed by atoms with Crippen LogP contribution in [0, 0.1) is 13.8 Å². The van der Waals surface area contributed by atoms with Crippen LogP contribution in [0.2, 0.25) is 0 Å². The average molecular weight is 331 g/mol. The van der Waals surface area contributed by atoms with E-state index in [4.69, 9.17) is 0 Å². The van der Waals surface area contributed by atoms with Crippen LogP contribution in [0.4, 0.5) is 0 Å². The van der Waals surface area contributed by atoms with Crippen LogP contribution in [-0.2, 0) is 0 Å². The molecular weight excluding hydrogens is 300 g/mol. The van der Waals surface area contributed by atoms with Crippen LogP contribution >= 0.6 is 11.8 Å². The number of hydrogen-bond donors (Lipinski definition) is 1. The molecule has 1 N–H and O–H groups in total. The molecule has 0 saturated carbocycles. The Kier molecular flexibility index (Phi) is 8.82. The van der Waals surface area contributed by atoms with Crippen LogP contribution < -0.4 is 5.32 Å². The van der Waals surface area contributed by atoms with Crippen molar-refractivity contribution >= 4 is 11.8 Å². The number of hydrogen-bond acceptors (Lipinski definition) is 3. The van der Waals surface area contributed by atoms with Gasteiger partial charge in [-0.3, -0.25) is 0 Å². The minimum atomic E-state index is 1.02. The molecule has 1 heterocycles. The lowest BCUT2D eigenvalue weighted by Crippen LogP contribution is -2.42. The highest BCUT2D eigenvalue weighted by Gasteiger charge is 2.15. The first-order chi connectivity index (χ1) is 11.2. The smallest absolute Gasteiger partial charge is 0.0502 e. The zero-order chi connectivity index (χ0) is 17.2. The highest BCUT2D eigenvalue weighted by Crippen LogP contribution is 2.33. The Morgan fingerprint density at radius 3 is 2.30 bits per heavy atom. The number of thioether (sulfide) groups is 1. The fourth-order valence-electron chi connectivity index (χ4n) is 2.52. The largest absolute Gasteiger partial charge is 0.368 e. The summed E-state index contributed by atoms with van der Waals surface area (Å²) < 4.78 is 0. The van der Waals surface area contributed by atoms with E-state index < -0.39 is 0 Å². The zero-order valence-electron chi connectivity index (χ0n) is 15.0. The summed E-state index contributed by atoms with van der Waals surface area (Å²) in [4.78, 5) is 4.85. The van der Waals surface area contributed by atoms with Crippen LogP contribution in [0.25, 0.3) is 0 Å². The fraction of sp³-hybridized carbons (Fsp3) is 0.400. The van der Waals surface area contributed by atoms with Gasteiger partial charge >= 0.3 is 0 Å². The van der Waals surface area contributed by atoms with Crippen molar-refractivity contribution in [2.45, 2.75) is 32.6 Å². The Morgan fingerprint density at radius 2 is 1.78 bits per heavy atom. The second kappa shape index (κ2) is 10.3. The summed E-state index contributed by atoms with van der Waals surface area (Å²) in [5, 5.41) is 3.38. The molecule has 126 valence electrons. The molecule has 0 aliphatic carbocycles. The molecule has 0 unspecified atom stereocenters. The lowest BCUT2D eigenvalue weighted by molar-refractivity contribution is 0.307. The molecule has 1 fully saturated rings. The first kappa shape index (κ1) is 19.6. The van der Waals surface area contributed by atoms with Crippen molar-refractivity contribution in [1.29, 1.82) is 0 Å². The van der Waals surface area contributed by atoms with Crippen molar-refractivity contribution in [2.75, 3.05) is 26.2 Å². The summed E-state index contributed by atoms with van der Waals surface area (Å²) in [5.41, 5.74) is 3.80. The molecule has 1 saturated heterocycles. The van der Waals surface area contributed by atoms with E-state index in [0.717, 1.165) is 26.2 Å². The number of piperazine rings is 1. The molecule has 0 bridgehead atoms. The van der Waals surface area contributed by atoms with Gasteiger partial charge in [0.1, 0.15) is 0 Å². The van der Waals surface area contributed by atoms with Gasteiger partial charge in [0.25, 0.3) is 0 Å². The van der Waals surface area contributed by atoms with E-state index >= 15 is 0 Å². The Bertz CT molecular complexity index is 555. The predicted molar refractivity (Wildman–Crippen MR) is 105 cm³/mol. The fourth-order valence-corrected chi connectivity index (χ4v) is 3.52. The van der Waals surface area contributed by atoms with Gasteiger partial charge in [-0.25, -0.2) is 0 Å². The number of aryl methyl sites for hydroxylation is 2. The summed E-state index contributed by atoms with van der Waals surface area (Å²) >= 11 is 1.78. The summed E-state index contributed by atoms with van der Waals surface area (Å²) in [5.74, 6) is 0. The van der Waals surface area contributed by atoms with Crippen LogP contribution in [0.5, 0.6) is 0 Å². The van der Waals surface area contributed by atoms with Gasteiger partial charge in [-0.15, -0.1) is 0 Å². The minimum Gasteiger partial charge on any atom is -0.368 e. The predicted octanol–water partition coefficient (Wildman–Crippen LogP) is 4.91. The topological polar surface area (TPSA) is 15.3 Å². The Balaban J connectivity index is 0.00000127. The maximum atomic E-state index is 4.00. The Hall–Kier alpha value is -1.45. The molecule has 0 spiro atoms. The summed E-state index contributed by atoms with van der Waals surface area (Å²) in [6, 6.07) is 6.58. The minimum absolute atomic E-state index is 1.02. The molecule has 1 aromatic rings. The third-order valence-electron chi connectivity index (χ3n) is 3.64. The van der Waals surface area contributed by atoms with Crippen molar-refractivity contribution in [1.82, 2.24) is 10.2 Å². The molecule has 0 amide bonds.